The Morgan fingerprint density at radius 2 is 2.11 bits per heavy atom. The number of amides is 1. The van der Waals surface area contributed by atoms with Gasteiger partial charge in [0.1, 0.15) is 0 Å². The highest BCUT2D eigenvalue weighted by molar-refractivity contribution is 5.77. The number of carbonyl (C=O) groups excluding carboxylic acids is 1. The lowest BCUT2D eigenvalue weighted by Crippen LogP contribution is -2.52. The molecule has 2 fully saturated rings. The zero-order valence-corrected chi connectivity index (χ0v) is 16.8. The molecule has 2 aliphatic rings. The Morgan fingerprint density at radius 1 is 1.26 bits per heavy atom. The lowest BCUT2D eigenvalue weighted by Gasteiger charge is -2.42. The maximum absolute atomic E-state index is 12.8. The van der Waals surface area contributed by atoms with E-state index in [1.807, 2.05) is 24.3 Å². The van der Waals surface area contributed by atoms with Crippen molar-refractivity contribution in [1.82, 2.24) is 24.5 Å². The lowest BCUT2D eigenvalue weighted by atomic mass is 9.99. The molecule has 1 aromatic heterocycles. The Bertz CT molecular complexity index is 608. The predicted octanol–water partition coefficient (Wildman–Crippen LogP) is 0.363. The number of carbonyl (C=O) groups is 1. The third kappa shape index (κ3) is 5.28. The van der Waals surface area contributed by atoms with Crippen molar-refractivity contribution in [2.45, 2.75) is 25.0 Å². The van der Waals surface area contributed by atoms with Crippen LogP contribution in [0.3, 0.4) is 0 Å². The first-order chi connectivity index (χ1) is 13.1. The van der Waals surface area contributed by atoms with Crippen molar-refractivity contribution in [2.75, 3.05) is 66.6 Å². The van der Waals surface area contributed by atoms with Crippen LogP contribution in [0.2, 0.25) is 0 Å². The molecule has 2 saturated heterocycles. The van der Waals surface area contributed by atoms with E-state index in [1.165, 1.54) is 0 Å². The molecule has 2 atom stereocenters. The maximum Gasteiger partial charge on any atom is 0.225 e. The number of methoxy groups -OCH3 is 1. The van der Waals surface area contributed by atoms with Gasteiger partial charge in [-0.3, -0.25) is 14.4 Å². The number of hydrogen-bond acceptors (Lipinski definition) is 6. The van der Waals surface area contributed by atoms with Crippen LogP contribution in [0.4, 0.5) is 0 Å². The van der Waals surface area contributed by atoms with Crippen molar-refractivity contribution >= 4 is 5.91 Å². The molecule has 152 valence electrons. The molecule has 8 heteroatoms. The molecule has 0 aliphatic carbocycles. The standard InChI is InChI=1S/C19H33N5O3/c1-21-6-4-7-23(9-8-21)15-17-19(16-13-20-22(2)14-16)24(10-12-27-17)18(25)5-11-26-3/h13-14,17,19H,4-12,15H2,1-3H3/t17-,19-/m0/s1. The van der Waals surface area contributed by atoms with E-state index in [-0.39, 0.29) is 18.1 Å². The van der Waals surface area contributed by atoms with Crippen LogP contribution in [-0.4, -0.2) is 103 Å². The second kappa shape index (κ2) is 9.64. The van der Waals surface area contributed by atoms with Crippen LogP contribution < -0.4 is 0 Å². The first-order valence-electron chi connectivity index (χ1n) is 9.88. The number of ether oxygens (including phenoxy) is 2. The third-order valence-corrected chi connectivity index (χ3v) is 5.51. The zero-order valence-electron chi connectivity index (χ0n) is 16.8. The van der Waals surface area contributed by atoms with Crippen molar-refractivity contribution < 1.29 is 14.3 Å². The van der Waals surface area contributed by atoms with Crippen LogP contribution in [0.5, 0.6) is 0 Å². The van der Waals surface area contributed by atoms with Gasteiger partial charge in [-0.05, 0) is 26.6 Å². The summed E-state index contributed by atoms with van der Waals surface area (Å²) in [6.45, 7) is 6.78. The Hall–Kier alpha value is -1.48. The number of likely N-dealkylation sites (N-methyl/N-ethyl adjacent to an activating group) is 1. The molecule has 0 N–H and O–H groups in total. The normalized spacial score (nSPS) is 25.5. The Labute approximate surface area is 162 Å². The highest BCUT2D eigenvalue weighted by atomic mass is 16.5. The van der Waals surface area contributed by atoms with Gasteiger partial charge >= 0.3 is 0 Å². The summed E-state index contributed by atoms with van der Waals surface area (Å²) in [5.74, 6) is 0.120. The van der Waals surface area contributed by atoms with Gasteiger partial charge < -0.3 is 19.3 Å². The molecule has 3 rings (SSSR count). The topological polar surface area (TPSA) is 63.1 Å². The van der Waals surface area contributed by atoms with Crippen molar-refractivity contribution in [3.05, 3.63) is 18.0 Å². The summed E-state index contributed by atoms with van der Waals surface area (Å²) in [7, 11) is 5.71. The number of morpholine rings is 1. The molecule has 3 heterocycles. The Morgan fingerprint density at radius 3 is 2.85 bits per heavy atom. The first-order valence-corrected chi connectivity index (χ1v) is 9.88. The highest BCUT2D eigenvalue weighted by Crippen LogP contribution is 2.30. The second-order valence-electron chi connectivity index (χ2n) is 7.59. The molecule has 1 aromatic rings. The average molecular weight is 380 g/mol. The van der Waals surface area contributed by atoms with Gasteiger partial charge in [-0.2, -0.15) is 5.10 Å². The summed E-state index contributed by atoms with van der Waals surface area (Å²) >= 11 is 0. The molecule has 2 aliphatic heterocycles. The summed E-state index contributed by atoms with van der Waals surface area (Å²) in [4.78, 5) is 19.6. The van der Waals surface area contributed by atoms with Crippen LogP contribution in [0.25, 0.3) is 0 Å². The maximum atomic E-state index is 12.8. The number of aryl methyl sites for hydroxylation is 1. The van der Waals surface area contributed by atoms with E-state index in [9.17, 15) is 4.79 Å². The van der Waals surface area contributed by atoms with Gasteiger partial charge in [0, 0.05) is 52.1 Å². The quantitative estimate of drug-likeness (QED) is 0.711. The van der Waals surface area contributed by atoms with E-state index < -0.39 is 0 Å². The van der Waals surface area contributed by atoms with Crippen molar-refractivity contribution in [1.29, 1.82) is 0 Å². The minimum Gasteiger partial charge on any atom is -0.384 e. The summed E-state index contributed by atoms with van der Waals surface area (Å²) < 4.78 is 13.1. The van der Waals surface area contributed by atoms with E-state index >= 15 is 0 Å². The van der Waals surface area contributed by atoms with E-state index in [0.717, 1.165) is 44.7 Å². The van der Waals surface area contributed by atoms with Gasteiger partial charge in [0.05, 0.1) is 38.0 Å². The van der Waals surface area contributed by atoms with E-state index in [4.69, 9.17) is 9.47 Å². The van der Waals surface area contributed by atoms with Crippen LogP contribution in [0.15, 0.2) is 12.4 Å². The Balaban J connectivity index is 1.76. The minimum atomic E-state index is -0.0993. The molecule has 27 heavy (non-hydrogen) atoms. The summed E-state index contributed by atoms with van der Waals surface area (Å²) in [5, 5.41) is 4.33. The van der Waals surface area contributed by atoms with Crippen LogP contribution >= 0.6 is 0 Å². The van der Waals surface area contributed by atoms with Crippen LogP contribution in [-0.2, 0) is 21.3 Å². The fraction of sp³-hybridized carbons (Fsp3) is 0.789. The summed E-state index contributed by atoms with van der Waals surface area (Å²) in [6, 6.07) is -0.0993. The molecule has 0 aromatic carbocycles. The fourth-order valence-electron chi connectivity index (χ4n) is 4.02. The van der Waals surface area contributed by atoms with E-state index in [2.05, 4.69) is 21.9 Å². The average Bonchev–Trinajstić information content (AvgIpc) is 2.98. The van der Waals surface area contributed by atoms with Gasteiger partial charge in [0.25, 0.3) is 0 Å². The summed E-state index contributed by atoms with van der Waals surface area (Å²) in [5.41, 5.74) is 1.04. The fourth-order valence-corrected chi connectivity index (χ4v) is 4.02. The van der Waals surface area contributed by atoms with Gasteiger partial charge in [-0.25, -0.2) is 0 Å². The molecule has 0 radical (unpaired) electrons. The van der Waals surface area contributed by atoms with Gasteiger partial charge in [-0.15, -0.1) is 0 Å². The third-order valence-electron chi connectivity index (χ3n) is 5.51. The minimum absolute atomic E-state index is 0.0437. The molecule has 0 bridgehead atoms. The smallest absolute Gasteiger partial charge is 0.225 e. The van der Waals surface area contributed by atoms with Crippen molar-refractivity contribution in [3.8, 4) is 0 Å². The Kier molecular flexibility index (Phi) is 7.23. The predicted molar refractivity (Wildman–Crippen MR) is 102 cm³/mol. The zero-order chi connectivity index (χ0) is 19.2. The molecule has 1 amide bonds. The number of aromatic nitrogens is 2. The second-order valence-corrected chi connectivity index (χ2v) is 7.59. The lowest BCUT2D eigenvalue weighted by molar-refractivity contribution is -0.149. The molecule has 8 nitrogen and oxygen atoms in total. The van der Waals surface area contributed by atoms with Gasteiger partial charge in [0.15, 0.2) is 0 Å². The monoisotopic (exact) mass is 379 g/mol. The van der Waals surface area contributed by atoms with E-state index in [1.54, 1.807) is 11.8 Å². The van der Waals surface area contributed by atoms with Crippen LogP contribution in [0, 0.1) is 0 Å². The van der Waals surface area contributed by atoms with Gasteiger partial charge in [0.2, 0.25) is 5.91 Å². The largest absolute Gasteiger partial charge is 0.384 e. The SMILES string of the molecule is COCCC(=O)N1CCO[C@@H](CN2CCCN(C)CC2)[C@@H]1c1cnn(C)c1. The number of rotatable bonds is 6. The van der Waals surface area contributed by atoms with Crippen molar-refractivity contribution in [3.63, 3.8) is 0 Å². The summed E-state index contributed by atoms with van der Waals surface area (Å²) in [6.07, 6.45) is 5.38. The highest BCUT2D eigenvalue weighted by Gasteiger charge is 2.37. The van der Waals surface area contributed by atoms with Crippen molar-refractivity contribution in [2.24, 2.45) is 7.05 Å². The molecule has 0 saturated carbocycles. The van der Waals surface area contributed by atoms with Gasteiger partial charge in [-0.1, -0.05) is 0 Å². The molecule has 0 spiro atoms. The molecule has 0 unspecified atom stereocenters. The van der Waals surface area contributed by atoms with E-state index in [0.29, 0.717) is 26.2 Å². The van der Waals surface area contributed by atoms with Crippen LogP contribution in [0.1, 0.15) is 24.4 Å². The molecular weight excluding hydrogens is 346 g/mol. The number of hydrogen-bond donors (Lipinski definition) is 0. The number of nitrogens with zero attached hydrogens (tertiary/aromatic N) is 5. The molecular formula is C19H33N5O3. The first kappa shape index (κ1) is 20.3.